The molecule has 0 N–H and O–H groups in total. The van der Waals surface area contributed by atoms with Gasteiger partial charge in [0, 0.05) is 6.42 Å². The number of hydrogen-bond donors (Lipinski definition) is 0. The lowest BCUT2D eigenvalue weighted by Gasteiger charge is -2.40. The zero-order valence-electron chi connectivity index (χ0n) is 15.8. The van der Waals surface area contributed by atoms with Crippen molar-refractivity contribution >= 4 is 5.97 Å². The number of esters is 1. The van der Waals surface area contributed by atoms with E-state index in [2.05, 4.69) is 6.92 Å². The monoisotopic (exact) mass is 334 g/mol. The first-order valence-corrected chi connectivity index (χ1v) is 10.9. The summed E-state index contributed by atoms with van der Waals surface area (Å²) in [5.41, 5.74) is 0. The Morgan fingerprint density at radius 1 is 0.833 bits per heavy atom. The Hall–Kier alpha value is -0.530. The maximum absolute atomic E-state index is 12.2. The number of ether oxygens (including phenoxy) is 1. The molecular formula is C22H38O2. The fraction of sp³-hybridized carbons (Fsp3) is 0.955. The first-order valence-electron chi connectivity index (χ1n) is 10.9. The van der Waals surface area contributed by atoms with Gasteiger partial charge in [0.2, 0.25) is 0 Å². The van der Waals surface area contributed by atoms with Crippen LogP contribution in [0.3, 0.4) is 0 Å². The Morgan fingerprint density at radius 2 is 1.50 bits per heavy atom. The quantitative estimate of drug-likeness (QED) is 0.565. The molecule has 0 aromatic heterocycles. The molecule has 3 aliphatic carbocycles. The minimum atomic E-state index is 0.0777. The summed E-state index contributed by atoms with van der Waals surface area (Å²) in [7, 11) is 0. The van der Waals surface area contributed by atoms with Crippen LogP contribution in [0.5, 0.6) is 0 Å². The van der Waals surface area contributed by atoms with Gasteiger partial charge < -0.3 is 4.74 Å². The van der Waals surface area contributed by atoms with Crippen LogP contribution in [-0.2, 0) is 9.53 Å². The summed E-state index contributed by atoms with van der Waals surface area (Å²) in [5, 5.41) is 0. The van der Waals surface area contributed by atoms with Gasteiger partial charge in [-0.25, -0.2) is 0 Å². The van der Waals surface area contributed by atoms with Crippen LogP contribution in [-0.4, -0.2) is 12.6 Å². The highest BCUT2D eigenvalue weighted by Gasteiger charge is 2.34. The van der Waals surface area contributed by atoms with E-state index in [1.54, 1.807) is 0 Å². The summed E-state index contributed by atoms with van der Waals surface area (Å²) in [6, 6.07) is 0. The van der Waals surface area contributed by atoms with Gasteiger partial charge in [-0.1, -0.05) is 58.3 Å². The minimum Gasteiger partial charge on any atom is -0.465 e. The SMILES string of the molecule is CC1CC(CC(=O)OCC2CCCCC2)CCC1C1CCCCC1. The highest BCUT2D eigenvalue weighted by atomic mass is 16.5. The second-order valence-electron chi connectivity index (χ2n) is 9.11. The molecule has 24 heavy (non-hydrogen) atoms. The van der Waals surface area contributed by atoms with Crippen LogP contribution >= 0.6 is 0 Å². The van der Waals surface area contributed by atoms with Crippen molar-refractivity contribution in [1.29, 1.82) is 0 Å². The van der Waals surface area contributed by atoms with Crippen LogP contribution in [0, 0.1) is 29.6 Å². The normalized spacial score (nSPS) is 33.3. The number of carbonyl (C=O) groups excluding carboxylic acids is 1. The van der Waals surface area contributed by atoms with Crippen molar-refractivity contribution in [2.45, 2.75) is 96.8 Å². The molecule has 3 fully saturated rings. The van der Waals surface area contributed by atoms with Gasteiger partial charge in [-0.05, 0) is 61.7 Å². The molecular weight excluding hydrogens is 296 g/mol. The van der Waals surface area contributed by atoms with Crippen molar-refractivity contribution in [2.75, 3.05) is 6.61 Å². The number of hydrogen-bond acceptors (Lipinski definition) is 2. The fourth-order valence-corrected chi connectivity index (χ4v) is 5.84. The lowest BCUT2D eigenvalue weighted by Crippen LogP contribution is -2.31. The van der Waals surface area contributed by atoms with Crippen molar-refractivity contribution in [2.24, 2.45) is 29.6 Å². The Bertz CT molecular complexity index is 379. The van der Waals surface area contributed by atoms with E-state index in [0.29, 0.717) is 24.9 Å². The minimum absolute atomic E-state index is 0.0777. The van der Waals surface area contributed by atoms with Crippen LogP contribution in [0.1, 0.15) is 96.8 Å². The molecule has 2 heteroatoms. The molecule has 3 unspecified atom stereocenters. The molecule has 0 amide bonds. The van der Waals surface area contributed by atoms with Gasteiger partial charge in [-0.15, -0.1) is 0 Å². The summed E-state index contributed by atoms with van der Waals surface area (Å²) in [6.07, 6.45) is 18.3. The molecule has 3 atom stereocenters. The van der Waals surface area contributed by atoms with E-state index >= 15 is 0 Å². The van der Waals surface area contributed by atoms with Crippen LogP contribution in [0.25, 0.3) is 0 Å². The van der Waals surface area contributed by atoms with Crippen molar-refractivity contribution in [3.8, 4) is 0 Å². The lowest BCUT2D eigenvalue weighted by atomic mass is 9.66. The highest BCUT2D eigenvalue weighted by Crippen LogP contribution is 2.43. The van der Waals surface area contributed by atoms with E-state index in [4.69, 9.17) is 4.74 Å². The molecule has 3 rings (SSSR count). The first kappa shape index (κ1) is 18.3. The van der Waals surface area contributed by atoms with Crippen LogP contribution in [0.15, 0.2) is 0 Å². The highest BCUT2D eigenvalue weighted by molar-refractivity contribution is 5.69. The van der Waals surface area contributed by atoms with E-state index in [1.165, 1.54) is 83.5 Å². The summed E-state index contributed by atoms with van der Waals surface area (Å²) in [5.74, 6) is 4.02. The predicted octanol–water partition coefficient (Wildman–Crippen LogP) is 6.13. The summed E-state index contributed by atoms with van der Waals surface area (Å²) in [6.45, 7) is 3.13. The number of carbonyl (C=O) groups is 1. The topological polar surface area (TPSA) is 26.3 Å². The van der Waals surface area contributed by atoms with E-state index in [1.807, 2.05) is 0 Å². The van der Waals surface area contributed by atoms with Gasteiger partial charge in [-0.2, -0.15) is 0 Å². The van der Waals surface area contributed by atoms with Gasteiger partial charge in [0.15, 0.2) is 0 Å². The second-order valence-corrected chi connectivity index (χ2v) is 9.11. The first-order chi connectivity index (χ1) is 11.7. The summed E-state index contributed by atoms with van der Waals surface area (Å²) >= 11 is 0. The molecule has 0 spiro atoms. The predicted molar refractivity (Wildman–Crippen MR) is 98.7 cm³/mol. The molecule has 138 valence electrons. The standard InChI is InChI=1S/C22H38O2/c1-17-14-19(12-13-21(17)20-10-6-3-7-11-20)15-22(23)24-16-18-8-4-2-5-9-18/h17-21H,2-16H2,1H3. The maximum atomic E-state index is 12.2. The van der Waals surface area contributed by atoms with Gasteiger partial charge in [0.25, 0.3) is 0 Å². The molecule has 0 aliphatic heterocycles. The third kappa shape index (κ3) is 5.23. The van der Waals surface area contributed by atoms with E-state index in [0.717, 1.165) is 17.8 Å². The third-order valence-corrected chi connectivity index (χ3v) is 7.26. The van der Waals surface area contributed by atoms with E-state index in [9.17, 15) is 4.79 Å². The third-order valence-electron chi connectivity index (χ3n) is 7.26. The summed E-state index contributed by atoms with van der Waals surface area (Å²) in [4.78, 5) is 12.2. The van der Waals surface area contributed by atoms with Gasteiger partial charge in [0.05, 0.1) is 6.61 Å². The van der Waals surface area contributed by atoms with Gasteiger partial charge >= 0.3 is 5.97 Å². The van der Waals surface area contributed by atoms with Crippen LogP contribution < -0.4 is 0 Å². The second kappa shape index (κ2) is 9.25. The van der Waals surface area contributed by atoms with E-state index in [-0.39, 0.29) is 5.97 Å². The lowest BCUT2D eigenvalue weighted by molar-refractivity contribution is -0.147. The molecule has 0 aromatic rings. The zero-order chi connectivity index (χ0) is 16.8. The van der Waals surface area contributed by atoms with Crippen LogP contribution in [0.2, 0.25) is 0 Å². The Kier molecular flexibility index (Phi) is 7.04. The average molecular weight is 335 g/mol. The molecule has 2 nitrogen and oxygen atoms in total. The molecule has 0 radical (unpaired) electrons. The van der Waals surface area contributed by atoms with Crippen LogP contribution in [0.4, 0.5) is 0 Å². The van der Waals surface area contributed by atoms with Crippen molar-refractivity contribution in [3.05, 3.63) is 0 Å². The zero-order valence-corrected chi connectivity index (χ0v) is 15.8. The van der Waals surface area contributed by atoms with E-state index < -0.39 is 0 Å². The summed E-state index contributed by atoms with van der Waals surface area (Å²) < 4.78 is 5.62. The van der Waals surface area contributed by atoms with Gasteiger partial charge in [-0.3, -0.25) is 4.79 Å². The van der Waals surface area contributed by atoms with Crippen molar-refractivity contribution in [1.82, 2.24) is 0 Å². The Balaban J connectivity index is 1.36. The molecule has 0 heterocycles. The average Bonchev–Trinajstić information content (AvgIpc) is 2.62. The molecule has 3 aliphatic rings. The Labute approximate surface area is 149 Å². The Morgan fingerprint density at radius 3 is 2.17 bits per heavy atom. The van der Waals surface area contributed by atoms with Crippen molar-refractivity contribution in [3.63, 3.8) is 0 Å². The molecule has 0 saturated heterocycles. The smallest absolute Gasteiger partial charge is 0.306 e. The molecule has 0 aromatic carbocycles. The molecule has 0 bridgehead atoms. The van der Waals surface area contributed by atoms with Gasteiger partial charge in [0.1, 0.15) is 0 Å². The largest absolute Gasteiger partial charge is 0.465 e. The molecule has 3 saturated carbocycles. The van der Waals surface area contributed by atoms with Crippen molar-refractivity contribution < 1.29 is 9.53 Å². The maximum Gasteiger partial charge on any atom is 0.306 e. The fourth-order valence-electron chi connectivity index (χ4n) is 5.84. The number of rotatable bonds is 5.